The summed E-state index contributed by atoms with van der Waals surface area (Å²) in [5, 5.41) is 0.609. The van der Waals surface area contributed by atoms with E-state index in [-0.39, 0.29) is 5.56 Å². The number of hydrogen-bond donors (Lipinski definition) is 0. The van der Waals surface area contributed by atoms with E-state index in [1.165, 1.54) is 5.56 Å². The molecule has 1 aromatic heterocycles. The van der Waals surface area contributed by atoms with Gasteiger partial charge in [0.1, 0.15) is 0 Å². The number of nitrogens with zero attached hydrogens (tertiary/aromatic N) is 1. The van der Waals surface area contributed by atoms with Crippen LogP contribution in [0.1, 0.15) is 12.5 Å². The van der Waals surface area contributed by atoms with Crippen molar-refractivity contribution >= 4 is 11.8 Å². The smallest absolute Gasteiger partial charge is 0.250 e. The zero-order valence-corrected chi connectivity index (χ0v) is 9.10. The third kappa shape index (κ3) is 2.92. The Morgan fingerprint density at radius 2 is 2.23 bits per heavy atom. The Hall–Kier alpha value is -0.700. The first-order valence-electron chi connectivity index (χ1n) is 4.32. The summed E-state index contributed by atoms with van der Waals surface area (Å²) in [6, 6.07) is 3.54. The fourth-order valence-corrected chi connectivity index (χ4v) is 1.55. The molecule has 0 fully saturated rings. The quantitative estimate of drug-likeness (QED) is 0.735. The van der Waals surface area contributed by atoms with E-state index < -0.39 is 0 Å². The lowest BCUT2D eigenvalue weighted by molar-refractivity contribution is 0.827. The largest absolute Gasteiger partial charge is 0.318 e. The standard InChI is InChI=1S/C10H15NOS/c1-8(13-3)6-9-4-5-10(12)11(2)7-9/h4-5,7-8H,6H2,1-3H3. The lowest BCUT2D eigenvalue weighted by Crippen LogP contribution is -2.15. The first kappa shape index (κ1) is 10.4. The second-order valence-corrected chi connectivity index (χ2v) is 4.51. The van der Waals surface area contributed by atoms with Crippen LogP contribution >= 0.6 is 11.8 Å². The molecule has 0 aliphatic rings. The highest BCUT2D eigenvalue weighted by Gasteiger charge is 2.01. The highest BCUT2D eigenvalue weighted by molar-refractivity contribution is 7.99. The summed E-state index contributed by atoms with van der Waals surface area (Å²) in [4.78, 5) is 11.1. The predicted octanol–water partition coefficient (Wildman–Crippen LogP) is 1.68. The second-order valence-electron chi connectivity index (χ2n) is 3.24. The average Bonchev–Trinajstić information content (AvgIpc) is 2.11. The van der Waals surface area contributed by atoms with Gasteiger partial charge in [0.25, 0.3) is 0 Å². The Morgan fingerprint density at radius 1 is 1.54 bits per heavy atom. The van der Waals surface area contributed by atoms with Crippen molar-refractivity contribution in [2.24, 2.45) is 7.05 Å². The van der Waals surface area contributed by atoms with Crippen LogP contribution < -0.4 is 5.56 Å². The number of thioether (sulfide) groups is 1. The molecule has 0 spiro atoms. The topological polar surface area (TPSA) is 22.0 Å². The molecule has 1 atom stereocenters. The van der Waals surface area contributed by atoms with E-state index in [0.29, 0.717) is 5.25 Å². The van der Waals surface area contributed by atoms with Gasteiger partial charge in [-0.1, -0.05) is 13.0 Å². The van der Waals surface area contributed by atoms with E-state index >= 15 is 0 Å². The molecule has 0 saturated carbocycles. The van der Waals surface area contributed by atoms with Gasteiger partial charge in [0, 0.05) is 24.6 Å². The molecule has 1 unspecified atom stereocenters. The number of pyridine rings is 1. The van der Waals surface area contributed by atoms with Gasteiger partial charge in [-0.25, -0.2) is 0 Å². The van der Waals surface area contributed by atoms with Gasteiger partial charge in [-0.15, -0.1) is 0 Å². The lowest BCUT2D eigenvalue weighted by atomic mass is 10.2. The molecule has 0 radical (unpaired) electrons. The summed E-state index contributed by atoms with van der Waals surface area (Å²) in [6.07, 6.45) is 5.04. The summed E-state index contributed by atoms with van der Waals surface area (Å²) in [5.74, 6) is 0. The van der Waals surface area contributed by atoms with Crippen molar-refractivity contribution in [2.75, 3.05) is 6.26 Å². The van der Waals surface area contributed by atoms with Crippen LogP contribution in [0.3, 0.4) is 0 Å². The molecule has 2 nitrogen and oxygen atoms in total. The number of rotatable bonds is 3. The SMILES string of the molecule is CSC(C)Cc1ccc(=O)n(C)c1. The maximum atomic E-state index is 11.1. The van der Waals surface area contributed by atoms with Crippen LogP contribution in [0.25, 0.3) is 0 Å². The van der Waals surface area contributed by atoms with Gasteiger partial charge in [-0.3, -0.25) is 4.79 Å². The van der Waals surface area contributed by atoms with Gasteiger partial charge < -0.3 is 4.57 Å². The summed E-state index contributed by atoms with van der Waals surface area (Å²) >= 11 is 1.84. The molecular formula is C10H15NOS. The maximum absolute atomic E-state index is 11.1. The molecule has 0 N–H and O–H groups in total. The first-order valence-corrected chi connectivity index (χ1v) is 5.60. The predicted molar refractivity (Wildman–Crippen MR) is 58.4 cm³/mol. The van der Waals surface area contributed by atoms with Gasteiger partial charge in [0.05, 0.1) is 0 Å². The second kappa shape index (κ2) is 4.51. The Labute approximate surface area is 83.0 Å². The highest BCUT2D eigenvalue weighted by atomic mass is 32.2. The maximum Gasteiger partial charge on any atom is 0.250 e. The monoisotopic (exact) mass is 197 g/mol. The summed E-state index contributed by atoms with van der Waals surface area (Å²) < 4.78 is 1.63. The van der Waals surface area contributed by atoms with Gasteiger partial charge in [-0.2, -0.15) is 11.8 Å². The number of aromatic nitrogens is 1. The summed E-state index contributed by atoms with van der Waals surface area (Å²) in [5.41, 5.74) is 1.28. The van der Waals surface area contributed by atoms with Crippen LogP contribution in [0.5, 0.6) is 0 Å². The molecule has 72 valence electrons. The van der Waals surface area contributed by atoms with Gasteiger partial charge in [0.2, 0.25) is 5.56 Å². The fraction of sp³-hybridized carbons (Fsp3) is 0.500. The fourth-order valence-electron chi connectivity index (χ4n) is 1.19. The minimum atomic E-state index is 0.0561. The Kier molecular flexibility index (Phi) is 3.60. The molecular weight excluding hydrogens is 182 g/mol. The molecule has 1 rings (SSSR count). The molecule has 0 bridgehead atoms. The third-order valence-electron chi connectivity index (χ3n) is 2.07. The zero-order chi connectivity index (χ0) is 9.84. The molecule has 1 aromatic rings. The minimum Gasteiger partial charge on any atom is -0.318 e. The van der Waals surface area contributed by atoms with Crippen LogP contribution in [-0.2, 0) is 13.5 Å². The van der Waals surface area contributed by atoms with E-state index in [1.54, 1.807) is 17.7 Å². The zero-order valence-electron chi connectivity index (χ0n) is 8.28. The van der Waals surface area contributed by atoms with Crippen molar-refractivity contribution in [2.45, 2.75) is 18.6 Å². The van der Waals surface area contributed by atoms with Crippen molar-refractivity contribution in [3.8, 4) is 0 Å². The van der Waals surface area contributed by atoms with Crippen molar-refractivity contribution < 1.29 is 0 Å². The Balaban J connectivity index is 2.79. The van der Waals surface area contributed by atoms with E-state index in [9.17, 15) is 4.79 Å². The first-order chi connectivity index (χ1) is 6.13. The molecule has 0 aromatic carbocycles. The van der Waals surface area contributed by atoms with E-state index in [1.807, 2.05) is 24.0 Å². The number of aryl methyl sites for hydroxylation is 1. The molecule has 1 heterocycles. The van der Waals surface area contributed by atoms with E-state index in [2.05, 4.69) is 13.2 Å². The van der Waals surface area contributed by atoms with Crippen molar-refractivity contribution in [1.29, 1.82) is 0 Å². The van der Waals surface area contributed by atoms with E-state index in [4.69, 9.17) is 0 Å². The Bertz CT molecular complexity index is 332. The summed E-state index contributed by atoms with van der Waals surface area (Å²) in [7, 11) is 1.79. The van der Waals surface area contributed by atoms with Crippen LogP contribution in [0.4, 0.5) is 0 Å². The lowest BCUT2D eigenvalue weighted by Gasteiger charge is -2.08. The molecule has 0 aliphatic heterocycles. The van der Waals surface area contributed by atoms with Crippen molar-refractivity contribution in [3.63, 3.8) is 0 Å². The Morgan fingerprint density at radius 3 is 2.77 bits per heavy atom. The normalized spacial score (nSPS) is 12.8. The number of hydrogen-bond acceptors (Lipinski definition) is 2. The van der Waals surface area contributed by atoms with Crippen LogP contribution in [-0.4, -0.2) is 16.1 Å². The molecule has 0 aliphatic carbocycles. The van der Waals surface area contributed by atoms with Crippen molar-refractivity contribution in [3.05, 3.63) is 34.2 Å². The molecule has 13 heavy (non-hydrogen) atoms. The van der Waals surface area contributed by atoms with E-state index in [0.717, 1.165) is 6.42 Å². The summed E-state index contributed by atoms with van der Waals surface area (Å²) in [6.45, 7) is 2.19. The van der Waals surface area contributed by atoms with Gasteiger partial charge >= 0.3 is 0 Å². The van der Waals surface area contributed by atoms with Gasteiger partial charge in [-0.05, 0) is 18.2 Å². The van der Waals surface area contributed by atoms with Crippen LogP contribution in [0, 0.1) is 0 Å². The molecule has 0 saturated heterocycles. The van der Waals surface area contributed by atoms with Crippen LogP contribution in [0.2, 0.25) is 0 Å². The minimum absolute atomic E-state index is 0.0561. The van der Waals surface area contributed by atoms with Gasteiger partial charge in [0.15, 0.2) is 0 Å². The third-order valence-corrected chi connectivity index (χ3v) is 3.04. The van der Waals surface area contributed by atoms with Crippen molar-refractivity contribution in [1.82, 2.24) is 4.57 Å². The molecule has 3 heteroatoms. The molecule has 0 amide bonds. The van der Waals surface area contributed by atoms with Crippen LogP contribution in [0.15, 0.2) is 23.1 Å². The highest BCUT2D eigenvalue weighted by Crippen LogP contribution is 2.11. The average molecular weight is 197 g/mol.